The number of aryl methyl sites for hydroxylation is 2. The number of nitrogens with one attached hydrogen (secondary N) is 1. The first-order valence-electron chi connectivity index (χ1n) is 8.42. The van der Waals surface area contributed by atoms with Gasteiger partial charge in [0.1, 0.15) is 0 Å². The maximum atomic E-state index is 12.7. The zero-order valence-electron chi connectivity index (χ0n) is 14.4. The minimum atomic E-state index is -3.50. The van der Waals surface area contributed by atoms with Crippen LogP contribution in [0.5, 0.6) is 0 Å². The third kappa shape index (κ3) is 3.70. The van der Waals surface area contributed by atoms with E-state index in [2.05, 4.69) is 16.8 Å². The molecule has 5 nitrogen and oxygen atoms in total. The Bertz CT molecular complexity index is 819. The SMILES string of the molecule is Cc1cc(-c2ccc(S(=O)(=O)NC3CCC(C)CC3)c(C)c2)on1. The smallest absolute Gasteiger partial charge is 0.241 e. The van der Waals surface area contributed by atoms with Crippen LogP contribution in [-0.2, 0) is 10.0 Å². The number of benzene rings is 1. The lowest BCUT2D eigenvalue weighted by Crippen LogP contribution is -2.37. The number of hydrogen-bond acceptors (Lipinski definition) is 4. The van der Waals surface area contributed by atoms with E-state index < -0.39 is 10.0 Å². The van der Waals surface area contributed by atoms with Gasteiger partial charge in [0.25, 0.3) is 0 Å². The second-order valence-electron chi connectivity index (χ2n) is 6.89. The van der Waals surface area contributed by atoms with Gasteiger partial charge in [-0.1, -0.05) is 12.1 Å². The van der Waals surface area contributed by atoms with E-state index in [9.17, 15) is 8.42 Å². The van der Waals surface area contributed by atoms with Gasteiger partial charge in [-0.2, -0.15) is 0 Å². The normalized spacial score (nSPS) is 21.8. The molecule has 0 saturated heterocycles. The van der Waals surface area contributed by atoms with Crippen molar-refractivity contribution in [2.24, 2.45) is 5.92 Å². The standard InChI is InChI=1S/C18H24N2O3S/c1-12-4-7-16(8-5-12)20-24(21,22)18-9-6-15(10-13(18)2)17-11-14(3)19-23-17/h6,9-12,16,20H,4-5,7-8H2,1-3H3. The van der Waals surface area contributed by atoms with Crippen LogP contribution < -0.4 is 4.72 Å². The third-order valence-corrected chi connectivity index (χ3v) is 6.40. The molecule has 1 aromatic heterocycles. The van der Waals surface area contributed by atoms with E-state index in [4.69, 9.17) is 4.52 Å². The highest BCUT2D eigenvalue weighted by Gasteiger charge is 2.25. The third-order valence-electron chi connectivity index (χ3n) is 4.71. The van der Waals surface area contributed by atoms with Crippen LogP contribution in [0.2, 0.25) is 0 Å². The Kier molecular flexibility index (Phi) is 4.78. The van der Waals surface area contributed by atoms with Gasteiger partial charge < -0.3 is 4.52 Å². The Labute approximate surface area is 143 Å². The topological polar surface area (TPSA) is 72.2 Å². The van der Waals surface area contributed by atoms with E-state index in [1.165, 1.54) is 0 Å². The first-order chi connectivity index (χ1) is 11.3. The Morgan fingerprint density at radius 1 is 1.12 bits per heavy atom. The Morgan fingerprint density at radius 2 is 1.83 bits per heavy atom. The van der Waals surface area contributed by atoms with Crippen molar-refractivity contribution < 1.29 is 12.9 Å². The summed E-state index contributed by atoms with van der Waals surface area (Å²) in [5.74, 6) is 1.34. The van der Waals surface area contributed by atoms with Crippen molar-refractivity contribution >= 4 is 10.0 Å². The number of rotatable bonds is 4. The largest absolute Gasteiger partial charge is 0.356 e. The fraction of sp³-hybridized carbons (Fsp3) is 0.500. The van der Waals surface area contributed by atoms with Gasteiger partial charge in [0.15, 0.2) is 5.76 Å². The van der Waals surface area contributed by atoms with Gasteiger partial charge in [0.05, 0.1) is 10.6 Å². The average molecular weight is 348 g/mol. The summed E-state index contributed by atoms with van der Waals surface area (Å²) in [6, 6.07) is 7.13. The van der Waals surface area contributed by atoms with Crippen LogP contribution >= 0.6 is 0 Å². The molecule has 0 aliphatic heterocycles. The number of nitrogens with zero attached hydrogens (tertiary/aromatic N) is 1. The first kappa shape index (κ1) is 17.2. The molecule has 1 heterocycles. The second-order valence-corrected chi connectivity index (χ2v) is 8.57. The van der Waals surface area contributed by atoms with Crippen molar-refractivity contribution in [1.82, 2.24) is 9.88 Å². The molecule has 0 unspecified atom stereocenters. The first-order valence-corrected chi connectivity index (χ1v) is 9.90. The average Bonchev–Trinajstić information content (AvgIpc) is 2.95. The van der Waals surface area contributed by atoms with E-state index in [1.54, 1.807) is 12.1 Å². The summed E-state index contributed by atoms with van der Waals surface area (Å²) in [5.41, 5.74) is 2.34. The van der Waals surface area contributed by atoms with Crippen LogP contribution in [0.1, 0.15) is 43.9 Å². The molecule has 1 fully saturated rings. The molecule has 0 bridgehead atoms. The van der Waals surface area contributed by atoms with Gasteiger partial charge >= 0.3 is 0 Å². The molecule has 6 heteroatoms. The van der Waals surface area contributed by atoms with Crippen molar-refractivity contribution in [3.05, 3.63) is 35.5 Å². The van der Waals surface area contributed by atoms with Gasteiger partial charge in [-0.25, -0.2) is 13.1 Å². The zero-order valence-corrected chi connectivity index (χ0v) is 15.2. The molecule has 1 N–H and O–H groups in total. The molecule has 3 rings (SSSR count). The van der Waals surface area contributed by atoms with Crippen LogP contribution in [0.3, 0.4) is 0 Å². The predicted molar refractivity (Wildman–Crippen MR) is 93.2 cm³/mol. The van der Waals surface area contributed by atoms with Crippen LogP contribution in [0.25, 0.3) is 11.3 Å². The second kappa shape index (κ2) is 6.69. The summed E-state index contributed by atoms with van der Waals surface area (Å²) in [7, 11) is -3.50. The predicted octanol–water partition coefficient (Wildman–Crippen LogP) is 3.82. The van der Waals surface area contributed by atoms with E-state index >= 15 is 0 Å². The van der Waals surface area contributed by atoms with Crippen LogP contribution in [0, 0.1) is 19.8 Å². The Balaban J connectivity index is 1.80. The fourth-order valence-corrected chi connectivity index (χ4v) is 4.80. The molecule has 1 aliphatic rings. The molecule has 0 spiro atoms. The van der Waals surface area contributed by atoms with Crippen molar-refractivity contribution in [2.75, 3.05) is 0 Å². The molecule has 24 heavy (non-hydrogen) atoms. The maximum Gasteiger partial charge on any atom is 0.241 e. The highest BCUT2D eigenvalue weighted by Crippen LogP contribution is 2.27. The molecule has 2 aromatic rings. The van der Waals surface area contributed by atoms with E-state index in [0.29, 0.717) is 22.1 Å². The summed E-state index contributed by atoms with van der Waals surface area (Å²) < 4.78 is 33.5. The van der Waals surface area contributed by atoms with Gasteiger partial charge in [-0.05, 0) is 69.2 Å². The monoisotopic (exact) mass is 348 g/mol. The van der Waals surface area contributed by atoms with E-state index in [1.807, 2.05) is 26.0 Å². The lowest BCUT2D eigenvalue weighted by molar-refractivity contribution is 0.332. The molecule has 1 aliphatic carbocycles. The van der Waals surface area contributed by atoms with Crippen LogP contribution in [0.4, 0.5) is 0 Å². The van der Waals surface area contributed by atoms with Gasteiger partial charge in [0, 0.05) is 17.7 Å². The van der Waals surface area contributed by atoms with Crippen molar-refractivity contribution in [2.45, 2.75) is 57.4 Å². The molecule has 0 amide bonds. The maximum absolute atomic E-state index is 12.7. The van der Waals surface area contributed by atoms with Gasteiger partial charge in [-0.15, -0.1) is 0 Å². The molecule has 1 saturated carbocycles. The zero-order chi connectivity index (χ0) is 17.3. The lowest BCUT2D eigenvalue weighted by Gasteiger charge is -2.27. The van der Waals surface area contributed by atoms with Crippen molar-refractivity contribution in [1.29, 1.82) is 0 Å². The van der Waals surface area contributed by atoms with E-state index in [0.717, 1.165) is 36.9 Å². The highest BCUT2D eigenvalue weighted by molar-refractivity contribution is 7.89. The minimum Gasteiger partial charge on any atom is -0.356 e. The number of sulfonamides is 1. The van der Waals surface area contributed by atoms with Crippen LogP contribution in [-0.4, -0.2) is 19.6 Å². The van der Waals surface area contributed by atoms with Gasteiger partial charge in [-0.3, -0.25) is 0 Å². The van der Waals surface area contributed by atoms with Crippen molar-refractivity contribution in [3.63, 3.8) is 0 Å². The summed E-state index contributed by atoms with van der Waals surface area (Å²) >= 11 is 0. The number of hydrogen-bond donors (Lipinski definition) is 1. The molecular formula is C18H24N2O3S. The summed E-state index contributed by atoms with van der Waals surface area (Å²) in [4.78, 5) is 0.334. The van der Waals surface area contributed by atoms with Gasteiger partial charge in [0.2, 0.25) is 10.0 Å². The molecule has 1 aromatic carbocycles. The quantitative estimate of drug-likeness (QED) is 0.912. The summed E-state index contributed by atoms with van der Waals surface area (Å²) in [5, 5.41) is 3.87. The summed E-state index contributed by atoms with van der Waals surface area (Å²) in [6.07, 6.45) is 3.98. The summed E-state index contributed by atoms with van der Waals surface area (Å²) in [6.45, 7) is 5.89. The minimum absolute atomic E-state index is 0.0437. The van der Waals surface area contributed by atoms with Crippen LogP contribution in [0.15, 0.2) is 33.7 Å². The Morgan fingerprint density at radius 3 is 2.42 bits per heavy atom. The molecule has 130 valence electrons. The Hall–Kier alpha value is -1.66. The van der Waals surface area contributed by atoms with E-state index in [-0.39, 0.29) is 6.04 Å². The molecule has 0 atom stereocenters. The fourth-order valence-electron chi connectivity index (χ4n) is 3.26. The molecular weight excluding hydrogens is 324 g/mol. The number of aromatic nitrogens is 1. The molecule has 0 radical (unpaired) electrons. The van der Waals surface area contributed by atoms with Crippen molar-refractivity contribution in [3.8, 4) is 11.3 Å². The highest BCUT2D eigenvalue weighted by atomic mass is 32.2. The lowest BCUT2D eigenvalue weighted by atomic mass is 9.88.